The summed E-state index contributed by atoms with van der Waals surface area (Å²) in [6.07, 6.45) is 8.33. The molecule has 0 amide bonds. The van der Waals surface area contributed by atoms with Crippen molar-refractivity contribution in [2.24, 2.45) is 0 Å². The summed E-state index contributed by atoms with van der Waals surface area (Å²) in [6, 6.07) is 6.25. The molecule has 10 nitrogen and oxygen atoms in total. The second kappa shape index (κ2) is 7.89. The SMILES string of the molecule is Cc1cc2c(cn1)nc(-c1cn3c(C)nnc3c(N[C@@H]3CCOC3)n1)n2Cc1cccnc1. The molecule has 1 atom stereocenters. The molecule has 0 saturated carbocycles. The number of aryl methyl sites for hydroxylation is 2. The fraction of sp³-hybridized carbons (Fsp3) is 0.304. The van der Waals surface area contributed by atoms with Crippen molar-refractivity contribution in [2.45, 2.75) is 32.9 Å². The number of fused-ring (bicyclic) bond motifs is 2. The summed E-state index contributed by atoms with van der Waals surface area (Å²) in [5.74, 6) is 2.21. The number of hydrogen-bond acceptors (Lipinski definition) is 8. The first-order valence-electron chi connectivity index (χ1n) is 10.9. The molecule has 1 saturated heterocycles. The summed E-state index contributed by atoms with van der Waals surface area (Å²) >= 11 is 0. The van der Waals surface area contributed by atoms with Crippen molar-refractivity contribution in [3.8, 4) is 11.5 Å². The maximum Gasteiger partial charge on any atom is 0.203 e. The molecule has 166 valence electrons. The van der Waals surface area contributed by atoms with Gasteiger partial charge in [-0.15, -0.1) is 10.2 Å². The highest BCUT2D eigenvalue weighted by Gasteiger charge is 2.22. The summed E-state index contributed by atoms with van der Waals surface area (Å²) < 4.78 is 9.66. The lowest BCUT2D eigenvalue weighted by Gasteiger charge is -2.14. The number of pyridine rings is 2. The van der Waals surface area contributed by atoms with Crippen LogP contribution in [0, 0.1) is 13.8 Å². The van der Waals surface area contributed by atoms with Gasteiger partial charge in [-0.25, -0.2) is 9.97 Å². The number of anilines is 1. The Morgan fingerprint density at radius 3 is 2.94 bits per heavy atom. The van der Waals surface area contributed by atoms with Gasteiger partial charge in [0.2, 0.25) is 5.65 Å². The minimum Gasteiger partial charge on any atom is -0.379 e. The second-order valence-electron chi connectivity index (χ2n) is 8.32. The highest BCUT2D eigenvalue weighted by Crippen LogP contribution is 2.28. The maximum absolute atomic E-state index is 5.54. The first-order chi connectivity index (χ1) is 16.2. The van der Waals surface area contributed by atoms with Crippen molar-refractivity contribution in [3.05, 3.63) is 60.1 Å². The molecule has 0 bridgehead atoms. The van der Waals surface area contributed by atoms with Gasteiger partial charge in [0.05, 0.1) is 30.9 Å². The largest absolute Gasteiger partial charge is 0.379 e. The van der Waals surface area contributed by atoms with Crippen LogP contribution >= 0.6 is 0 Å². The summed E-state index contributed by atoms with van der Waals surface area (Å²) in [4.78, 5) is 18.6. The van der Waals surface area contributed by atoms with E-state index in [1.807, 2.05) is 42.9 Å². The van der Waals surface area contributed by atoms with Crippen LogP contribution in [0.25, 0.3) is 28.2 Å². The van der Waals surface area contributed by atoms with Crippen LogP contribution in [0.5, 0.6) is 0 Å². The van der Waals surface area contributed by atoms with Crippen LogP contribution in [0.4, 0.5) is 5.82 Å². The van der Waals surface area contributed by atoms with Crippen molar-refractivity contribution >= 4 is 22.5 Å². The van der Waals surface area contributed by atoms with E-state index < -0.39 is 0 Å². The summed E-state index contributed by atoms with van der Waals surface area (Å²) in [5.41, 5.74) is 5.25. The molecule has 33 heavy (non-hydrogen) atoms. The molecular formula is C23H23N9O. The minimum atomic E-state index is 0.189. The van der Waals surface area contributed by atoms with E-state index in [0.717, 1.165) is 52.7 Å². The highest BCUT2D eigenvalue weighted by atomic mass is 16.5. The van der Waals surface area contributed by atoms with Crippen molar-refractivity contribution in [1.82, 2.24) is 39.1 Å². The van der Waals surface area contributed by atoms with Crippen LogP contribution in [-0.2, 0) is 11.3 Å². The van der Waals surface area contributed by atoms with E-state index in [0.29, 0.717) is 24.6 Å². The first kappa shape index (κ1) is 19.7. The number of rotatable bonds is 5. The Kier molecular flexibility index (Phi) is 4.72. The van der Waals surface area contributed by atoms with E-state index >= 15 is 0 Å². The van der Waals surface area contributed by atoms with Crippen molar-refractivity contribution in [2.75, 3.05) is 18.5 Å². The predicted octanol–water partition coefficient (Wildman–Crippen LogP) is 2.80. The summed E-state index contributed by atoms with van der Waals surface area (Å²) in [7, 11) is 0. The van der Waals surface area contributed by atoms with E-state index in [9.17, 15) is 0 Å². The Balaban J connectivity index is 1.54. The number of nitrogens with one attached hydrogen (secondary N) is 1. The Morgan fingerprint density at radius 1 is 1.18 bits per heavy atom. The molecule has 0 unspecified atom stereocenters. The molecule has 1 fully saturated rings. The fourth-order valence-electron chi connectivity index (χ4n) is 4.21. The smallest absolute Gasteiger partial charge is 0.203 e. The molecule has 5 aromatic rings. The van der Waals surface area contributed by atoms with Crippen LogP contribution in [0.2, 0.25) is 0 Å². The van der Waals surface area contributed by atoms with Gasteiger partial charge in [-0.3, -0.25) is 14.4 Å². The molecule has 10 heteroatoms. The van der Waals surface area contributed by atoms with Gasteiger partial charge in [-0.1, -0.05) is 6.07 Å². The molecule has 0 aromatic carbocycles. The second-order valence-corrected chi connectivity index (χ2v) is 8.32. The van der Waals surface area contributed by atoms with Gasteiger partial charge in [-0.05, 0) is 38.0 Å². The Labute approximate surface area is 189 Å². The van der Waals surface area contributed by atoms with Crippen LogP contribution in [-0.4, -0.2) is 58.4 Å². The van der Waals surface area contributed by atoms with Gasteiger partial charge in [0.15, 0.2) is 11.6 Å². The van der Waals surface area contributed by atoms with E-state index in [-0.39, 0.29) is 6.04 Å². The molecule has 6 heterocycles. The van der Waals surface area contributed by atoms with Crippen LogP contribution in [0.15, 0.2) is 43.0 Å². The molecule has 6 rings (SSSR count). The molecule has 0 aliphatic carbocycles. The molecule has 5 aromatic heterocycles. The average molecular weight is 441 g/mol. The lowest BCUT2D eigenvalue weighted by atomic mass is 10.2. The first-order valence-corrected chi connectivity index (χ1v) is 10.9. The van der Waals surface area contributed by atoms with E-state index in [4.69, 9.17) is 14.7 Å². The van der Waals surface area contributed by atoms with Gasteiger partial charge in [-0.2, -0.15) is 0 Å². The number of aromatic nitrogens is 8. The summed E-state index contributed by atoms with van der Waals surface area (Å²) in [6.45, 7) is 5.92. The zero-order chi connectivity index (χ0) is 22.4. The quantitative estimate of drug-likeness (QED) is 0.444. The Bertz CT molecular complexity index is 1450. The number of imidazole rings is 1. The zero-order valence-electron chi connectivity index (χ0n) is 18.4. The normalized spacial score (nSPS) is 16.1. The van der Waals surface area contributed by atoms with Crippen LogP contribution in [0.3, 0.4) is 0 Å². The predicted molar refractivity (Wildman–Crippen MR) is 123 cm³/mol. The van der Waals surface area contributed by atoms with Crippen molar-refractivity contribution < 1.29 is 4.74 Å². The molecule has 0 spiro atoms. The monoisotopic (exact) mass is 441 g/mol. The third-order valence-corrected chi connectivity index (χ3v) is 5.90. The lowest BCUT2D eigenvalue weighted by Crippen LogP contribution is -2.20. The highest BCUT2D eigenvalue weighted by molar-refractivity contribution is 5.80. The molecule has 0 radical (unpaired) electrons. The Hall–Kier alpha value is -3.92. The third-order valence-electron chi connectivity index (χ3n) is 5.90. The number of nitrogens with zero attached hydrogens (tertiary/aromatic N) is 8. The molecule has 1 N–H and O–H groups in total. The minimum absolute atomic E-state index is 0.189. The number of ether oxygens (including phenoxy) is 1. The maximum atomic E-state index is 5.54. The van der Waals surface area contributed by atoms with Gasteiger partial charge in [0.1, 0.15) is 17.0 Å². The Morgan fingerprint density at radius 2 is 2.12 bits per heavy atom. The van der Waals surface area contributed by atoms with E-state index in [1.165, 1.54) is 0 Å². The van der Waals surface area contributed by atoms with Gasteiger partial charge >= 0.3 is 0 Å². The topological polar surface area (TPSA) is 108 Å². The van der Waals surface area contributed by atoms with Crippen LogP contribution < -0.4 is 5.32 Å². The van der Waals surface area contributed by atoms with Crippen LogP contribution in [0.1, 0.15) is 23.5 Å². The lowest BCUT2D eigenvalue weighted by molar-refractivity contribution is 0.195. The number of hydrogen-bond donors (Lipinski definition) is 1. The standard InChI is InChI=1S/C23H23N9O/c1-14-8-20-18(10-25-14)28-22(32(20)11-16-4-3-6-24-9-16)19-12-31-15(2)29-30-23(31)21(27-19)26-17-5-7-33-13-17/h3-4,6,8-10,12,17H,5,7,11,13H2,1-2H3,(H,26,27)/t17-/m1/s1. The average Bonchev–Trinajstić information content (AvgIpc) is 3.55. The zero-order valence-corrected chi connectivity index (χ0v) is 18.4. The molecule has 1 aliphatic rings. The third kappa shape index (κ3) is 3.58. The van der Waals surface area contributed by atoms with Gasteiger partial charge in [0.25, 0.3) is 0 Å². The molecule has 1 aliphatic heterocycles. The fourth-order valence-corrected chi connectivity index (χ4v) is 4.21. The molecular weight excluding hydrogens is 418 g/mol. The van der Waals surface area contributed by atoms with Gasteiger partial charge in [0, 0.05) is 30.9 Å². The van der Waals surface area contributed by atoms with E-state index in [1.54, 1.807) is 6.20 Å². The van der Waals surface area contributed by atoms with E-state index in [2.05, 4.69) is 42.2 Å². The van der Waals surface area contributed by atoms with Crippen molar-refractivity contribution in [1.29, 1.82) is 0 Å². The van der Waals surface area contributed by atoms with Gasteiger partial charge < -0.3 is 14.6 Å². The summed E-state index contributed by atoms with van der Waals surface area (Å²) in [5, 5.41) is 12.1. The van der Waals surface area contributed by atoms with Crippen molar-refractivity contribution in [3.63, 3.8) is 0 Å².